The molecule has 13 heteroatoms. The number of para-hydroxylation sites is 1. The average Bonchev–Trinajstić information content (AvgIpc) is 3.16. The summed E-state index contributed by atoms with van der Waals surface area (Å²) in [5, 5.41) is 12.7. The largest absolute Gasteiger partial charge is 0.490 e. The van der Waals surface area contributed by atoms with Crippen molar-refractivity contribution in [1.29, 1.82) is 0 Å². The molecule has 0 radical (unpaired) electrons. The molecule has 2 aliphatic heterocycles. The van der Waals surface area contributed by atoms with Crippen LogP contribution in [-0.4, -0.2) is 65.8 Å². The number of carbonyl (C=O) groups is 3. The number of nitrogens with one attached hydrogen (secondary N) is 2. The zero-order valence-corrected chi connectivity index (χ0v) is 19.5. The van der Waals surface area contributed by atoms with Crippen LogP contribution >= 0.6 is 0 Å². The Kier molecular flexibility index (Phi) is 8.69. The number of amides is 2. The summed E-state index contributed by atoms with van der Waals surface area (Å²) in [6.45, 7) is 2.45. The van der Waals surface area contributed by atoms with E-state index in [4.69, 9.17) is 9.90 Å². The number of alkyl halides is 3. The van der Waals surface area contributed by atoms with E-state index in [1.165, 1.54) is 6.07 Å². The summed E-state index contributed by atoms with van der Waals surface area (Å²) in [6, 6.07) is 13.2. The predicted molar refractivity (Wildman–Crippen MR) is 124 cm³/mol. The monoisotopic (exact) mass is 528 g/mol. The summed E-state index contributed by atoms with van der Waals surface area (Å²) < 4.78 is 58.0. The van der Waals surface area contributed by atoms with Crippen LogP contribution in [-0.2, 0) is 14.4 Å². The first-order chi connectivity index (χ1) is 17.4. The SMILES string of the molecule is O=C(CCN1CCC2(CC1)C(=O)NCN2c1ccccc1)Nc1ccc(F)c(F)c1.O=C(O)C(F)(F)F. The van der Waals surface area contributed by atoms with E-state index in [0.29, 0.717) is 39.1 Å². The fourth-order valence-electron chi connectivity index (χ4n) is 4.24. The Morgan fingerprint density at radius 2 is 1.65 bits per heavy atom. The van der Waals surface area contributed by atoms with Gasteiger partial charge in [0.15, 0.2) is 11.6 Å². The Morgan fingerprint density at radius 1 is 1.03 bits per heavy atom. The van der Waals surface area contributed by atoms with Gasteiger partial charge in [0.25, 0.3) is 0 Å². The van der Waals surface area contributed by atoms with Crippen molar-refractivity contribution in [3.8, 4) is 0 Å². The van der Waals surface area contributed by atoms with E-state index >= 15 is 0 Å². The number of hydrogen-bond acceptors (Lipinski definition) is 5. The minimum Gasteiger partial charge on any atom is -0.475 e. The number of piperidine rings is 1. The second-order valence-corrected chi connectivity index (χ2v) is 8.53. The molecule has 2 aromatic carbocycles. The molecule has 2 aliphatic rings. The second-order valence-electron chi connectivity index (χ2n) is 8.53. The summed E-state index contributed by atoms with van der Waals surface area (Å²) in [7, 11) is 0. The van der Waals surface area contributed by atoms with Gasteiger partial charge in [-0.2, -0.15) is 13.2 Å². The van der Waals surface area contributed by atoms with Gasteiger partial charge in [-0.3, -0.25) is 9.59 Å². The van der Waals surface area contributed by atoms with Gasteiger partial charge in [-0.25, -0.2) is 13.6 Å². The van der Waals surface area contributed by atoms with Crippen molar-refractivity contribution < 1.29 is 41.4 Å². The molecule has 3 N–H and O–H groups in total. The molecule has 2 amide bonds. The minimum absolute atomic E-state index is 0.0575. The third-order valence-electron chi connectivity index (χ3n) is 6.19. The first kappa shape index (κ1) is 27.8. The molecule has 0 saturated carbocycles. The zero-order valence-electron chi connectivity index (χ0n) is 19.5. The lowest BCUT2D eigenvalue weighted by Gasteiger charge is -2.43. The number of aliphatic carboxylic acids is 1. The van der Waals surface area contributed by atoms with Crippen molar-refractivity contribution in [2.24, 2.45) is 0 Å². The molecule has 0 aliphatic carbocycles. The van der Waals surface area contributed by atoms with Crippen LogP contribution in [0.4, 0.5) is 33.3 Å². The molecule has 0 bridgehead atoms. The van der Waals surface area contributed by atoms with Crippen LogP contribution in [0, 0.1) is 11.6 Å². The van der Waals surface area contributed by atoms with Gasteiger partial charge in [0.1, 0.15) is 5.54 Å². The van der Waals surface area contributed by atoms with Gasteiger partial charge in [0, 0.05) is 43.5 Å². The van der Waals surface area contributed by atoms with Gasteiger partial charge in [-0.05, 0) is 37.1 Å². The molecule has 200 valence electrons. The third-order valence-corrected chi connectivity index (χ3v) is 6.19. The molecule has 8 nitrogen and oxygen atoms in total. The summed E-state index contributed by atoms with van der Waals surface area (Å²) in [4.78, 5) is 38.0. The molecule has 2 saturated heterocycles. The van der Waals surface area contributed by atoms with E-state index < -0.39 is 29.3 Å². The number of benzene rings is 2. The fraction of sp³-hybridized carbons (Fsp3) is 0.375. The summed E-state index contributed by atoms with van der Waals surface area (Å²) in [5.41, 5.74) is 0.707. The maximum absolute atomic E-state index is 13.3. The summed E-state index contributed by atoms with van der Waals surface area (Å²) in [5.74, 6) is -4.90. The Bertz CT molecular complexity index is 1120. The smallest absolute Gasteiger partial charge is 0.475 e. The normalized spacial score (nSPS) is 17.1. The molecule has 1 spiro atoms. The topological polar surface area (TPSA) is 102 Å². The highest BCUT2D eigenvalue weighted by Gasteiger charge is 2.50. The number of carboxylic acids is 1. The Morgan fingerprint density at radius 3 is 2.22 bits per heavy atom. The second kappa shape index (κ2) is 11.5. The average molecular weight is 528 g/mol. The third kappa shape index (κ3) is 6.94. The van der Waals surface area contributed by atoms with E-state index in [0.717, 1.165) is 17.8 Å². The van der Waals surface area contributed by atoms with Crippen LogP contribution < -0.4 is 15.5 Å². The molecule has 2 heterocycles. The van der Waals surface area contributed by atoms with Crippen LogP contribution in [0.5, 0.6) is 0 Å². The fourth-order valence-corrected chi connectivity index (χ4v) is 4.24. The van der Waals surface area contributed by atoms with Crippen molar-refractivity contribution in [2.75, 3.05) is 36.5 Å². The Labute approximate surface area is 209 Å². The van der Waals surface area contributed by atoms with Crippen molar-refractivity contribution in [1.82, 2.24) is 10.2 Å². The zero-order chi connectivity index (χ0) is 27.2. The number of nitrogens with zero attached hydrogens (tertiary/aromatic N) is 2. The highest BCUT2D eigenvalue weighted by atomic mass is 19.4. The van der Waals surface area contributed by atoms with E-state index in [1.807, 2.05) is 30.3 Å². The molecule has 2 aromatic rings. The minimum atomic E-state index is -5.08. The molecule has 37 heavy (non-hydrogen) atoms. The number of rotatable bonds is 5. The van der Waals surface area contributed by atoms with Crippen molar-refractivity contribution in [2.45, 2.75) is 31.0 Å². The molecule has 4 rings (SSSR count). The van der Waals surface area contributed by atoms with Crippen LogP contribution in [0.3, 0.4) is 0 Å². The number of carbonyl (C=O) groups excluding carboxylic acids is 2. The first-order valence-corrected chi connectivity index (χ1v) is 11.3. The van der Waals surface area contributed by atoms with Gasteiger partial charge in [0.05, 0.1) is 6.67 Å². The molecule has 0 atom stereocenters. The van der Waals surface area contributed by atoms with Gasteiger partial charge >= 0.3 is 12.1 Å². The lowest BCUT2D eigenvalue weighted by molar-refractivity contribution is -0.192. The standard InChI is InChI=1S/C22H24F2N4O2.C2HF3O2/c23-18-7-6-16(14-19(18)24)26-20(29)8-11-27-12-9-22(10-13-27)21(30)25-15-28(22)17-4-2-1-3-5-17;3-2(4,5)1(6)7/h1-7,14H,8-13,15H2,(H,25,30)(H,26,29);(H,6,7). The maximum atomic E-state index is 13.3. The number of carboxylic acid groups (broad SMARTS) is 1. The molecular weight excluding hydrogens is 503 g/mol. The van der Waals surface area contributed by atoms with Crippen LogP contribution in [0.2, 0.25) is 0 Å². The number of likely N-dealkylation sites (tertiary alicyclic amines) is 1. The summed E-state index contributed by atoms with van der Waals surface area (Å²) in [6.07, 6.45) is -3.49. The van der Waals surface area contributed by atoms with E-state index in [2.05, 4.69) is 20.4 Å². The number of hydrogen-bond donors (Lipinski definition) is 3. The Hall–Kier alpha value is -3.74. The van der Waals surface area contributed by atoms with Crippen LogP contribution in [0.1, 0.15) is 19.3 Å². The first-order valence-electron chi connectivity index (χ1n) is 11.3. The molecular formula is C24H25F5N4O4. The number of anilines is 2. The molecule has 0 unspecified atom stereocenters. The molecule has 2 fully saturated rings. The van der Waals surface area contributed by atoms with E-state index in [-0.39, 0.29) is 23.9 Å². The number of halogens is 5. The quantitative estimate of drug-likeness (QED) is 0.515. The van der Waals surface area contributed by atoms with E-state index in [1.54, 1.807) is 0 Å². The van der Waals surface area contributed by atoms with Crippen molar-refractivity contribution in [3.63, 3.8) is 0 Å². The van der Waals surface area contributed by atoms with Crippen molar-refractivity contribution >= 4 is 29.2 Å². The summed E-state index contributed by atoms with van der Waals surface area (Å²) >= 11 is 0. The molecule has 0 aromatic heterocycles. The van der Waals surface area contributed by atoms with E-state index in [9.17, 15) is 31.5 Å². The highest BCUT2D eigenvalue weighted by Crippen LogP contribution is 2.36. The lowest BCUT2D eigenvalue weighted by Crippen LogP contribution is -2.56. The predicted octanol–water partition coefficient (Wildman–Crippen LogP) is 3.36. The van der Waals surface area contributed by atoms with Crippen LogP contribution in [0.15, 0.2) is 48.5 Å². The van der Waals surface area contributed by atoms with Gasteiger partial charge < -0.3 is 25.5 Å². The maximum Gasteiger partial charge on any atom is 0.490 e. The van der Waals surface area contributed by atoms with Gasteiger partial charge in [0.2, 0.25) is 11.8 Å². The van der Waals surface area contributed by atoms with Crippen molar-refractivity contribution in [3.05, 3.63) is 60.2 Å². The Balaban J connectivity index is 0.000000479. The van der Waals surface area contributed by atoms with Gasteiger partial charge in [-0.15, -0.1) is 0 Å². The van der Waals surface area contributed by atoms with Gasteiger partial charge in [-0.1, -0.05) is 18.2 Å². The van der Waals surface area contributed by atoms with Crippen LogP contribution in [0.25, 0.3) is 0 Å². The highest BCUT2D eigenvalue weighted by molar-refractivity contribution is 5.93. The lowest BCUT2D eigenvalue weighted by atomic mass is 9.85.